The second-order valence-electron chi connectivity index (χ2n) is 3.54. The van der Waals surface area contributed by atoms with Gasteiger partial charge in [-0.15, -0.1) is 11.8 Å². The highest BCUT2D eigenvalue weighted by Crippen LogP contribution is 2.23. The molecule has 0 bridgehead atoms. The normalized spacial score (nSPS) is 10.4. The van der Waals surface area contributed by atoms with E-state index in [0.29, 0.717) is 11.5 Å². The van der Waals surface area contributed by atoms with Gasteiger partial charge < -0.3 is 11.5 Å². The summed E-state index contributed by atoms with van der Waals surface area (Å²) in [5, 5.41) is 0.807. The lowest BCUT2D eigenvalue weighted by Gasteiger charge is -2.04. The molecule has 0 radical (unpaired) electrons. The standard InChI is InChI=1S/C12H12FN3S/c13-9-3-1-8(2-4-9)7-17-11-6-5-10(14)12(15)16-11/h1-6H,7,14H2,(H2,15,16). The maximum atomic E-state index is 12.7. The molecule has 0 saturated heterocycles. The molecule has 0 aliphatic carbocycles. The lowest BCUT2D eigenvalue weighted by atomic mass is 10.2. The molecule has 1 aromatic heterocycles. The number of pyridine rings is 1. The van der Waals surface area contributed by atoms with Gasteiger partial charge in [-0.2, -0.15) is 0 Å². The largest absolute Gasteiger partial charge is 0.396 e. The Kier molecular flexibility index (Phi) is 3.49. The number of rotatable bonds is 3. The Morgan fingerprint density at radius 1 is 1.06 bits per heavy atom. The van der Waals surface area contributed by atoms with E-state index in [1.807, 2.05) is 6.07 Å². The van der Waals surface area contributed by atoms with E-state index in [9.17, 15) is 4.39 Å². The Labute approximate surface area is 103 Å². The van der Waals surface area contributed by atoms with Crippen LogP contribution in [0.2, 0.25) is 0 Å². The summed E-state index contributed by atoms with van der Waals surface area (Å²) in [4.78, 5) is 4.15. The molecule has 5 heteroatoms. The van der Waals surface area contributed by atoms with Crippen LogP contribution in [-0.2, 0) is 5.75 Å². The van der Waals surface area contributed by atoms with Gasteiger partial charge in [0.1, 0.15) is 11.6 Å². The van der Waals surface area contributed by atoms with Gasteiger partial charge in [-0.25, -0.2) is 9.37 Å². The fraction of sp³-hybridized carbons (Fsp3) is 0.0833. The molecule has 1 aromatic carbocycles. The molecule has 0 atom stereocenters. The van der Waals surface area contributed by atoms with Crippen LogP contribution in [-0.4, -0.2) is 4.98 Å². The minimum absolute atomic E-state index is 0.228. The second kappa shape index (κ2) is 5.05. The van der Waals surface area contributed by atoms with E-state index < -0.39 is 0 Å². The molecule has 0 aliphatic rings. The molecule has 3 nitrogen and oxygen atoms in total. The van der Waals surface area contributed by atoms with Crippen molar-refractivity contribution < 1.29 is 4.39 Å². The number of halogens is 1. The molecule has 4 N–H and O–H groups in total. The third-order valence-corrected chi connectivity index (χ3v) is 3.23. The molecule has 0 amide bonds. The number of benzene rings is 1. The fourth-order valence-electron chi connectivity index (χ4n) is 1.29. The molecule has 1 heterocycles. The van der Waals surface area contributed by atoms with Crippen LogP contribution < -0.4 is 11.5 Å². The molecule has 17 heavy (non-hydrogen) atoms. The van der Waals surface area contributed by atoms with Gasteiger partial charge in [0, 0.05) is 5.75 Å². The van der Waals surface area contributed by atoms with E-state index >= 15 is 0 Å². The average Bonchev–Trinajstić information content (AvgIpc) is 2.33. The van der Waals surface area contributed by atoms with Crippen LogP contribution in [0.25, 0.3) is 0 Å². The van der Waals surface area contributed by atoms with Crippen molar-refractivity contribution in [3.05, 3.63) is 47.8 Å². The summed E-state index contributed by atoms with van der Waals surface area (Å²) in [6, 6.07) is 9.95. The van der Waals surface area contributed by atoms with Crippen molar-refractivity contribution >= 4 is 23.3 Å². The van der Waals surface area contributed by atoms with E-state index in [-0.39, 0.29) is 5.82 Å². The lowest BCUT2D eigenvalue weighted by molar-refractivity contribution is 0.627. The smallest absolute Gasteiger partial charge is 0.147 e. The Morgan fingerprint density at radius 3 is 2.41 bits per heavy atom. The van der Waals surface area contributed by atoms with Gasteiger partial charge in [-0.05, 0) is 29.8 Å². The number of nitrogen functional groups attached to an aromatic ring is 2. The van der Waals surface area contributed by atoms with Gasteiger partial charge in [0.05, 0.1) is 10.7 Å². The summed E-state index contributed by atoms with van der Waals surface area (Å²) in [5.74, 6) is 0.833. The molecule has 2 aromatic rings. The summed E-state index contributed by atoms with van der Waals surface area (Å²) in [7, 11) is 0. The third-order valence-electron chi connectivity index (χ3n) is 2.23. The minimum Gasteiger partial charge on any atom is -0.396 e. The van der Waals surface area contributed by atoms with Crippen molar-refractivity contribution in [3.8, 4) is 0 Å². The number of thioether (sulfide) groups is 1. The van der Waals surface area contributed by atoms with Crippen LogP contribution in [0.1, 0.15) is 5.56 Å². The van der Waals surface area contributed by atoms with E-state index in [1.165, 1.54) is 23.9 Å². The zero-order chi connectivity index (χ0) is 12.3. The van der Waals surface area contributed by atoms with Crippen molar-refractivity contribution in [3.63, 3.8) is 0 Å². The first-order chi connectivity index (χ1) is 8.15. The average molecular weight is 249 g/mol. The van der Waals surface area contributed by atoms with Gasteiger partial charge >= 0.3 is 0 Å². The Morgan fingerprint density at radius 2 is 1.76 bits per heavy atom. The summed E-state index contributed by atoms with van der Waals surface area (Å²) in [5.41, 5.74) is 12.7. The number of hydrogen-bond acceptors (Lipinski definition) is 4. The zero-order valence-corrected chi connectivity index (χ0v) is 9.88. The number of anilines is 2. The van der Waals surface area contributed by atoms with Crippen LogP contribution in [0.4, 0.5) is 15.9 Å². The Balaban J connectivity index is 2.02. The summed E-state index contributed by atoms with van der Waals surface area (Å²) in [6.07, 6.45) is 0. The number of nitrogens with two attached hydrogens (primary N) is 2. The highest BCUT2D eigenvalue weighted by molar-refractivity contribution is 7.98. The molecular weight excluding hydrogens is 237 g/mol. The summed E-state index contributed by atoms with van der Waals surface area (Å²) >= 11 is 1.53. The second-order valence-corrected chi connectivity index (χ2v) is 4.53. The zero-order valence-electron chi connectivity index (χ0n) is 9.06. The van der Waals surface area contributed by atoms with E-state index in [2.05, 4.69) is 4.98 Å². The molecule has 0 spiro atoms. The van der Waals surface area contributed by atoms with Crippen molar-refractivity contribution in [2.45, 2.75) is 10.8 Å². The number of hydrogen-bond donors (Lipinski definition) is 2. The predicted molar refractivity (Wildman–Crippen MR) is 69.0 cm³/mol. The van der Waals surface area contributed by atoms with Gasteiger partial charge in [-0.3, -0.25) is 0 Å². The van der Waals surface area contributed by atoms with Gasteiger partial charge in [0.15, 0.2) is 0 Å². The quantitative estimate of drug-likeness (QED) is 0.821. The van der Waals surface area contributed by atoms with Crippen molar-refractivity contribution in [1.82, 2.24) is 4.98 Å². The lowest BCUT2D eigenvalue weighted by Crippen LogP contribution is -1.98. The topological polar surface area (TPSA) is 64.9 Å². The van der Waals surface area contributed by atoms with Gasteiger partial charge in [0.2, 0.25) is 0 Å². The van der Waals surface area contributed by atoms with Crippen molar-refractivity contribution in [2.75, 3.05) is 11.5 Å². The summed E-state index contributed by atoms with van der Waals surface area (Å²) < 4.78 is 12.7. The molecule has 2 rings (SSSR count). The SMILES string of the molecule is Nc1ccc(SCc2ccc(F)cc2)nc1N. The summed E-state index contributed by atoms with van der Waals surface area (Å²) in [6.45, 7) is 0. The Hall–Kier alpha value is -1.75. The number of nitrogens with zero attached hydrogens (tertiary/aromatic N) is 1. The molecule has 0 unspecified atom stereocenters. The third kappa shape index (κ3) is 3.10. The first-order valence-electron chi connectivity index (χ1n) is 5.04. The fourth-order valence-corrected chi connectivity index (χ4v) is 2.12. The van der Waals surface area contributed by atoms with E-state index in [4.69, 9.17) is 11.5 Å². The van der Waals surface area contributed by atoms with Gasteiger partial charge in [0.25, 0.3) is 0 Å². The number of aromatic nitrogens is 1. The van der Waals surface area contributed by atoms with E-state index in [0.717, 1.165) is 16.3 Å². The molecular formula is C12H12FN3S. The molecule has 88 valence electrons. The molecule has 0 fully saturated rings. The van der Waals surface area contributed by atoms with Crippen LogP contribution in [0.3, 0.4) is 0 Å². The van der Waals surface area contributed by atoms with Crippen molar-refractivity contribution in [1.29, 1.82) is 0 Å². The molecule has 0 aliphatic heterocycles. The Bertz CT molecular complexity index is 514. The highest BCUT2D eigenvalue weighted by atomic mass is 32.2. The van der Waals surface area contributed by atoms with E-state index in [1.54, 1.807) is 18.2 Å². The molecule has 0 saturated carbocycles. The monoisotopic (exact) mass is 249 g/mol. The van der Waals surface area contributed by atoms with Crippen LogP contribution in [0.5, 0.6) is 0 Å². The highest BCUT2D eigenvalue weighted by Gasteiger charge is 2.01. The predicted octanol–water partition coefficient (Wildman–Crippen LogP) is 2.68. The van der Waals surface area contributed by atoms with Crippen LogP contribution >= 0.6 is 11.8 Å². The maximum Gasteiger partial charge on any atom is 0.147 e. The van der Waals surface area contributed by atoms with Crippen molar-refractivity contribution in [2.24, 2.45) is 0 Å². The van der Waals surface area contributed by atoms with Crippen LogP contribution in [0, 0.1) is 5.82 Å². The maximum absolute atomic E-state index is 12.7. The first-order valence-corrected chi connectivity index (χ1v) is 6.03. The minimum atomic E-state index is -0.228. The van der Waals surface area contributed by atoms with Crippen LogP contribution in [0.15, 0.2) is 41.4 Å². The first kappa shape index (κ1) is 11.7. The van der Waals surface area contributed by atoms with Gasteiger partial charge in [-0.1, -0.05) is 12.1 Å².